The summed E-state index contributed by atoms with van der Waals surface area (Å²) in [5.74, 6) is -0.938. The van der Waals surface area contributed by atoms with Crippen LogP contribution in [0.15, 0.2) is 0 Å². The Hall–Kier alpha value is -0.780. The summed E-state index contributed by atoms with van der Waals surface area (Å²) in [6.45, 7) is 4.06. The van der Waals surface area contributed by atoms with Gasteiger partial charge in [0.1, 0.15) is 0 Å². The molecule has 3 unspecified atom stereocenters. The number of carboxylic acids is 1. The van der Waals surface area contributed by atoms with E-state index in [1.807, 2.05) is 0 Å². The Morgan fingerprint density at radius 1 is 1.29 bits per heavy atom. The van der Waals surface area contributed by atoms with Gasteiger partial charge in [-0.1, -0.05) is 26.7 Å². The number of rotatable bonds is 3. The molecule has 0 aromatic carbocycles. The van der Waals surface area contributed by atoms with Gasteiger partial charge in [-0.25, -0.2) is 0 Å². The van der Waals surface area contributed by atoms with Crippen molar-refractivity contribution >= 4 is 5.97 Å². The maximum absolute atomic E-state index is 13.3. The zero-order chi connectivity index (χ0) is 15.8. The van der Waals surface area contributed by atoms with E-state index in [-0.39, 0.29) is 25.6 Å². The van der Waals surface area contributed by atoms with E-state index in [2.05, 4.69) is 13.8 Å². The summed E-state index contributed by atoms with van der Waals surface area (Å²) < 4.78 is 39.8. The molecule has 0 aromatic heterocycles. The van der Waals surface area contributed by atoms with Gasteiger partial charge in [0.05, 0.1) is 0 Å². The number of nitrogens with zero attached hydrogens (tertiary/aromatic N) is 1. The van der Waals surface area contributed by atoms with Crippen LogP contribution in [0.25, 0.3) is 0 Å². The van der Waals surface area contributed by atoms with Crippen molar-refractivity contribution in [3.63, 3.8) is 0 Å². The number of aliphatic carboxylic acids is 1. The highest BCUT2D eigenvalue weighted by Gasteiger charge is 2.64. The molecule has 1 saturated carbocycles. The Morgan fingerprint density at radius 3 is 2.38 bits per heavy atom. The molecule has 0 aromatic rings. The van der Waals surface area contributed by atoms with Gasteiger partial charge >= 0.3 is 12.1 Å². The van der Waals surface area contributed by atoms with Crippen molar-refractivity contribution in [1.82, 2.24) is 4.90 Å². The summed E-state index contributed by atoms with van der Waals surface area (Å²) in [5.41, 5.74) is -2.58. The van der Waals surface area contributed by atoms with Crippen LogP contribution in [-0.4, -0.2) is 41.3 Å². The van der Waals surface area contributed by atoms with Gasteiger partial charge in [-0.2, -0.15) is 13.2 Å². The fourth-order valence-corrected chi connectivity index (χ4v) is 4.02. The normalized spacial score (nSPS) is 35.3. The predicted octanol–water partition coefficient (Wildman–Crippen LogP) is 3.54. The summed E-state index contributed by atoms with van der Waals surface area (Å²) in [7, 11) is 0. The van der Waals surface area contributed by atoms with E-state index < -0.39 is 17.6 Å². The molecule has 1 N–H and O–H groups in total. The SMILES string of the molecule is CC(C)C1CCCCC1N1CCC(C(=O)O)(C(F)(F)F)C1. The van der Waals surface area contributed by atoms with Gasteiger partial charge in [0.15, 0.2) is 5.41 Å². The Bertz CT molecular complexity index is 397. The van der Waals surface area contributed by atoms with Crippen molar-refractivity contribution in [3.8, 4) is 0 Å². The lowest BCUT2D eigenvalue weighted by atomic mass is 9.77. The second-order valence-electron chi connectivity index (χ2n) is 6.87. The third kappa shape index (κ3) is 2.91. The summed E-state index contributed by atoms with van der Waals surface area (Å²) >= 11 is 0. The van der Waals surface area contributed by atoms with Crippen LogP contribution in [0.5, 0.6) is 0 Å². The molecule has 0 radical (unpaired) electrons. The van der Waals surface area contributed by atoms with Crippen molar-refractivity contribution in [1.29, 1.82) is 0 Å². The van der Waals surface area contributed by atoms with E-state index in [1.165, 1.54) is 0 Å². The minimum atomic E-state index is -4.68. The van der Waals surface area contributed by atoms with Gasteiger partial charge in [-0.05, 0) is 37.6 Å². The van der Waals surface area contributed by atoms with Crippen LogP contribution >= 0.6 is 0 Å². The molecule has 1 heterocycles. The number of likely N-dealkylation sites (tertiary alicyclic amines) is 1. The summed E-state index contributed by atoms with van der Waals surface area (Å²) in [4.78, 5) is 13.1. The van der Waals surface area contributed by atoms with E-state index in [0.717, 1.165) is 25.7 Å². The summed E-state index contributed by atoms with van der Waals surface area (Å²) in [5, 5.41) is 9.14. The van der Waals surface area contributed by atoms with Crippen molar-refractivity contribution in [2.45, 2.75) is 58.2 Å². The van der Waals surface area contributed by atoms with Crippen molar-refractivity contribution in [3.05, 3.63) is 0 Å². The molecule has 6 heteroatoms. The molecule has 3 nitrogen and oxygen atoms in total. The fraction of sp³-hybridized carbons (Fsp3) is 0.933. The van der Waals surface area contributed by atoms with E-state index >= 15 is 0 Å². The van der Waals surface area contributed by atoms with Gasteiger partial charge in [0.2, 0.25) is 0 Å². The molecule has 1 aliphatic carbocycles. The standard InChI is InChI=1S/C15H24F3NO2/c1-10(2)11-5-3-4-6-12(11)19-8-7-14(9-19,13(20)21)15(16,17)18/h10-12H,3-9H2,1-2H3,(H,20,21). The number of hydrogen-bond acceptors (Lipinski definition) is 2. The number of alkyl halides is 3. The molecule has 1 aliphatic heterocycles. The minimum absolute atomic E-state index is 0.0994. The van der Waals surface area contributed by atoms with E-state index in [9.17, 15) is 18.0 Å². The number of hydrogen-bond donors (Lipinski definition) is 1. The Kier molecular flexibility index (Phi) is 4.57. The van der Waals surface area contributed by atoms with Crippen LogP contribution in [0.3, 0.4) is 0 Å². The second kappa shape index (κ2) is 5.78. The maximum atomic E-state index is 13.3. The zero-order valence-corrected chi connectivity index (χ0v) is 12.6. The molecule has 0 bridgehead atoms. The minimum Gasteiger partial charge on any atom is -0.481 e. The Labute approximate surface area is 123 Å². The van der Waals surface area contributed by atoms with E-state index in [1.54, 1.807) is 4.90 Å². The van der Waals surface area contributed by atoms with Crippen LogP contribution in [0.1, 0.15) is 46.0 Å². The van der Waals surface area contributed by atoms with Gasteiger partial charge < -0.3 is 5.11 Å². The number of carboxylic acid groups (broad SMARTS) is 1. The molecule has 0 amide bonds. The van der Waals surface area contributed by atoms with Crippen molar-refractivity contribution in [2.75, 3.05) is 13.1 Å². The van der Waals surface area contributed by atoms with Gasteiger partial charge in [-0.15, -0.1) is 0 Å². The lowest BCUT2D eigenvalue weighted by molar-refractivity contribution is -0.228. The Balaban J connectivity index is 2.18. The molecule has 0 spiro atoms. The third-order valence-corrected chi connectivity index (χ3v) is 5.36. The first-order valence-electron chi connectivity index (χ1n) is 7.73. The quantitative estimate of drug-likeness (QED) is 0.867. The number of halogens is 3. The molecule has 2 fully saturated rings. The average molecular weight is 307 g/mol. The van der Waals surface area contributed by atoms with Crippen LogP contribution in [0.2, 0.25) is 0 Å². The highest BCUT2D eigenvalue weighted by molar-refractivity contribution is 5.76. The van der Waals surface area contributed by atoms with Crippen LogP contribution in [0.4, 0.5) is 13.2 Å². The fourth-order valence-electron chi connectivity index (χ4n) is 4.02. The van der Waals surface area contributed by atoms with Crippen LogP contribution in [-0.2, 0) is 4.79 Å². The van der Waals surface area contributed by atoms with E-state index in [0.29, 0.717) is 11.8 Å². The lowest BCUT2D eigenvalue weighted by Gasteiger charge is -2.41. The molecular weight excluding hydrogens is 283 g/mol. The molecule has 21 heavy (non-hydrogen) atoms. The van der Waals surface area contributed by atoms with Crippen molar-refractivity contribution < 1.29 is 23.1 Å². The molecule has 2 rings (SSSR count). The summed E-state index contributed by atoms with van der Waals surface area (Å²) in [6, 6.07) is 0.0994. The second-order valence-corrected chi connectivity index (χ2v) is 6.87. The maximum Gasteiger partial charge on any atom is 0.406 e. The van der Waals surface area contributed by atoms with Crippen molar-refractivity contribution in [2.24, 2.45) is 17.3 Å². The van der Waals surface area contributed by atoms with Gasteiger partial charge in [0, 0.05) is 12.6 Å². The molecule has 2 aliphatic rings. The molecule has 3 atom stereocenters. The molecule has 122 valence electrons. The van der Waals surface area contributed by atoms with Crippen LogP contribution < -0.4 is 0 Å². The smallest absolute Gasteiger partial charge is 0.406 e. The monoisotopic (exact) mass is 307 g/mol. The average Bonchev–Trinajstić information content (AvgIpc) is 2.84. The topological polar surface area (TPSA) is 40.5 Å². The molecule has 1 saturated heterocycles. The third-order valence-electron chi connectivity index (χ3n) is 5.36. The van der Waals surface area contributed by atoms with Gasteiger partial charge in [-0.3, -0.25) is 9.69 Å². The number of carbonyl (C=O) groups is 1. The highest BCUT2D eigenvalue weighted by Crippen LogP contribution is 2.48. The first-order chi connectivity index (χ1) is 9.69. The van der Waals surface area contributed by atoms with E-state index in [4.69, 9.17) is 5.11 Å². The predicted molar refractivity (Wildman–Crippen MR) is 72.9 cm³/mol. The summed E-state index contributed by atoms with van der Waals surface area (Å²) in [6.07, 6.45) is -0.947. The first kappa shape index (κ1) is 16.6. The highest BCUT2D eigenvalue weighted by atomic mass is 19.4. The Morgan fingerprint density at radius 2 is 1.90 bits per heavy atom. The largest absolute Gasteiger partial charge is 0.481 e. The van der Waals surface area contributed by atoms with Crippen LogP contribution in [0, 0.1) is 17.3 Å². The first-order valence-corrected chi connectivity index (χ1v) is 7.73. The lowest BCUT2D eigenvalue weighted by Crippen LogP contribution is -2.50. The van der Waals surface area contributed by atoms with Gasteiger partial charge in [0.25, 0.3) is 0 Å². The molecular formula is C15H24F3NO2. The zero-order valence-electron chi connectivity index (χ0n) is 12.6.